The SMILES string of the molecule is c1ccc2c(c1)SCN2c1ccc(Oc2nccnc2-c2cnc3[nH]ccc3c2)cc1. The second-order valence-electron chi connectivity index (χ2n) is 7.11. The Morgan fingerprint density at radius 3 is 2.74 bits per heavy atom. The van der Waals surface area contributed by atoms with Gasteiger partial charge in [0.25, 0.3) is 0 Å². The zero-order valence-corrected chi connectivity index (χ0v) is 17.2. The van der Waals surface area contributed by atoms with E-state index >= 15 is 0 Å². The lowest BCUT2D eigenvalue weighted by Gasteiger charge is -2.19. The van der Waals surface area contributed by atoms with Crippen LogP contribution in [0.25, 0.3) is 22.3 Å². The quantitative estimate of drug-likeness (QED) is 0.382. The minimum absolute atomic E-state index is 0.453. The third-order valence-electron chi connectivity index (χ3n) is 5.21. The third-order valence-corrected chi connectivity index (χ3v) is 6.25. The number of H-pyrrole nitrogens is 1. The van der Waals surface area contributed by atoms with Crippen molar-refractivity contribution >= 4 is 34.2 Å². The fourth-order valence-corrected chi connectivity index (χ4v) is 4.75. The van der Waals surface area contributed by atoms with Gasteiger partial charge in [-0.1, -0.05) is 12.1 Å². The highest BCUT2D eigenvalue weighted by Crippen LogP contribution is 2.43. The Balaban J connectivity index is 1.28. The standard InChI is InChI=1S/C24H17N5OS/c1-2-4-21-20(3-1)29(15-31-21)18-5-7-19(8-6-18)30-24-22(25-11-12-27-24)17-13-16-9-10-26-23(16)28-14-17/h1-14H,15H2,(H,26,28). The van der Waals surface area contributed by atoms with E-state index < -0.39 is 0 Å². The Labute approximate surface area is 183 Å². The molecule has 0 atom stereocenters. The van der Waals surface area contributed by atoms with Crippen LogP contribution in [0, 0.1) is 0 Å². The van der Waals surface area contributed by atoms with Crippen molar-refractivity contribution in [2.75, 3.05) is 10.8 Å². The Morgan fingerprint density at radius 1 is 0.935 bits per heavy atom. The van der Waals surface area contributed by atoms with Crippen LogP contribution in [0.3, 0.4) is 0 Å². The topological polar surface area (TPSA) is 66.9 Å². The summed E-state index contributed by atoms with van der Waals surface area (Å²) in [5, 5.41) is 1.02. The van der Waals surface area contributed by atoms with E-state index in [4.69, 9.17) is 4.74 Å². The molecule has 6 nitrogen and oxygen atoms in total. The number of fused-ring (bicyclic) bond motifs is 2. The van der Waals surface area contributed by atoms with Crippen LogP contribution in [0.15, 0.2) is 90.3 Å². The van der Waals surface area contributed by atoms with Gasteiger partial charge < -0.3 is 14.6 Å². The molecule has 1 N–H and O–H groups in total. The van der Waals surface area contributed by atoms with Gasteiger partial charge in [-0.15, -0.1) is 11.8 Å². The summed E-state index contributed by atoms with van der Waals surface area (Å²) >= 11 is 1.85. The number of nitrogens with zero attached hydrogens (tertiary/aromatic N) is 4. The van der Waals surface area contributed by atoms with E-state index in [0.717, 1.165) is 28.2 Å². The molecule has 0 unspecified atom stereocenters. The van der Waals surface area contributed by atoms with E-state index in [1.807, 2.05) is 42.2 Å². The number of benzene rings is 2. The number of para-hydroxylation sites is 1. The molecular formula is C24H17N5OS. The molecule has 0 spiro atoms. The fraction of sp³-hybridized carbons (Fsp3) is 0.0417. The lowest BCUT2D eigenvalue weighted by molar-refractivity contribution is 0.462. The lowest BCUT2D eigenvalue weighted by atomic mass is 10.2. The molecule has 0 saturated heterocycles. The van der Waals surface area contributed by atoms with Crippen LogP contribution in [-0.2, 0) is 0 Å². The summed E-state index contributed by atoms with van der Waals surface area (Å²) in [7, 11) is 0. The van der Waals surface area contributed by atoms with Crippen LogP contribution in [-0.4, -0.2) is 25.8 Å². The molecule has 31 heavy (non-hydrogen) atoms. The summed E-state index contributed by atoms with van der Waals surface area (Å²) in [5.41, 5.74) is 4.73. The minimum atomic E-state index is 0.453. The molecule has 5 aromatic rings. The first-order valence-corrected chi connectivity index (χ1v) is 10.9. The van der Waals surface area contributed by atoms with E-state index in [1.165, 1.54) is 10.6 Å². The maximum Gasteiger partial charge on any atom is 0.246 e. The molecule has 0 amide bonds. The summed E-state index contributed by atoms with van der Waals surface area (Å²) in [6.07, 6.45) is 6.94. The smallest absolute Gasteiger partial charge is 0.246 e. The van der Waals surface area contributed by atoms with Crippen molar-refractivity contribution in [1.82, 2.24) is 19.9 Å². The Kier molecular flexibility index (Phi) is 4.32. The zero-order chi connectivity index (χ0) is 20.6. The number of aromatic nitrogens is 4. The van der Waals surface area contributed by atoms with E-state index in [1.54, 1.807) is 18.6 Å². The number of anilines is 2. The maximum atomic E-state index is 6.11. The summed E-state index contributed by atoms with van der Waals surface area (Å²) in [6, 6.07) is 20.5. The van der Waals surface area contributed by atoms with Gasteiger partial charge in [-0.05, 0) is 48.5 Å². The predicted molar refractivity (Wildman–Crippen MR) is 123 cm³/mol. The van der Waals surface area contributed by atoms with Crippen LogP contribution < -0.4 is 9.64 Å². The Bertz CT molecular complexity index is 1380. The minimum Gasteiger partial charge on any atom is -0.437 e. The molecule has 2 aromatic carbocycles. The predicted octanol–water partition coefficient (Wildman–Crippen LogP) is 6.01. The Hall–Kier alpha value is -3.84. The van der Waals surface area contributed by atoms with Gasteiger partial charge in [0.1, 0.15) is 17.1 Å². The molecule has 0 bridgehead atoms. The van der Waals surface area contributed by atoms with Crippen LogP contribution in [0.2, 0.25) is 0 Å². The van der Waals surface area contributed by atoms with Crippen molar-refractivity contribution < 1.29 is 4.74 Å². The van der Waals surface area contributed by atoms with Crippen LogP contribution in [0.1, 0.15) is 0 Å². The zero-order valence-electron chi connectivity index (χ0n) is 16.4. The van der Waals surface area contributed by atoms with Gasteiger partial charge in [-0.3, -0.25) is 0 Å². The molecule has 6 rings (SSSR count). The highest BCUT2D eigenvalue weighted by Gasteiger charge is 2.20. The van der Waals surface area contributed by atoms with Gasteiger partial charge in [-0.2, -0.15) is 0 Å². The fourth-order valence-electron chi connectivity index (χ4n) is 3.69. The molecule has 1 aliphatic rings. The molecular weight excluding hydrogens is 406 g/mol. The molecule has 7 heteroatoms. The molecule has 0 saturated carbocycles. The van der Waals surface area contributed by atoms with Gasteiger partial charge in [-0.25, -0.2) is 15.0 Å². The summed E-state index contributed by atoms with van der Waals surface area (Å²) in [6.45, 7) is 0. The first-order chi connectivity index (χ1) is 15.3. The first-order valence-electron chi connectivity index (χ1n) is 9.87. The van der Waals surface area contributed by atoms with Crippen molar-refractivity contribution in [1.29, 1.82) is 0 Å². The van der Waals surface area contributed by atoms with Crippen molar-refractivity contribution in [3.05, 3.63) is 85.5 Å². The summed E-state index contributed by atoms with van der Waals surface area (Å²) in [4.78, 5) is 20.1. The molecule has 0 radical (unpaired) electrons. The molecule has 0 aliphatic carbocycles. The van der Waals surface area contributed by atoms with Crippen LogP contribution in [0.4, 0.5) is 11.4 Å². The van der Waals surface area contributed by atoms with E-state index in [9.17, 15) is 0 Å². The number of nitrogens with one attached hydrogen (secondary N) is 1. The lowest BCUT2D eigenvalue weighted by Crippen LogP contribution is -2.11. The van der Waals surface area contributed by atoms with Gasteiger partial charge >= 0.3 is 0 Å². The number of thioether (sulfide) groups is 1. The third kappa shape index (κ3) is 3.29. The highest BCUT2D eigenvalue weighted by atomic mass is 32.2. The second-order valence-corrected chi connectivity index (χ2v) is 8.10. The molecule has 150 valence electrons. The van der Waals surface area contributed by atoms with Crippen molar-refractivity contribution in [3.63, 3.8) is 0 Å². The van der Waals surface area contributed by atoms with E-state index in [0.29, 0.717) is 17.3 Å². The van der Waals surface area contributed by atoms with E-state index in [2.05, 4.69) is 61.2 Å². The number of hydrogen-bond donors (Lipinski definition) is 1. The van der Waals surface area contributed by atoms with Gasteiger partial charge in [0.05, 0.1) is 11.6 Å². The Morgan fingerprint density at radius 2 is 1.81 bits per heavy atom. The number of rotatable bonds is 4. The molecule has 0 fully saturated rings. The maximum absolute atomic E-state index is 6.11. The number of hydrogen-bond acceptors (Lipinski definition) is 6. The summed E-state index contributed by atoms with van der Waals surface area (Å²) < 4.78 is 6.11. The van der Waals surface area contributed by atoms with Crippen molar-refractivity contribution in [2.24, 2.45) is 0 Å². The van der Waals surface area contributed by atoms with Crippen LogP contribution >= 0.6 is 11.8 Å². The highest BCUT2D eigenvalue weighted by molar-refractivity contribution is 7.99. The second kappa shape index (κ2) is 7.45. The monoisotopic (exact) mass is 423 g/mol. The molecule has 4 heterocycles. The van der Waals surface area contributed by atoms with Crippen molar-refractivity contribution in [3.8, 4) is 22.9 Å². The summed E-state index contributed by atoms with van der Waals surface area (Å²) in [5.74, 6) is 2.07. The van der Waals surface area contributed by atoms with Crippen LogP contribution in [0.5, 0.6) is 11.6 Å². The largest absolute Gasteiger partial charge is 0.437 e. The van der Waals surface area contributed by atoms with Gasteiger partial charge in [0.15, 0.2) is 0 Å². The van der Waals surface area contributed by atoms with E-state index in [-0.39, 0.29) is 0 Å². The normalized spacial score (nSPS) is 12.8. The van der Waals surface area contributed by atoms with Gasteiger partial charge in [0, 0.05) is 46.3 Å². The first kappa shape index (κ1) is 18.0. The average molecular weight is 424 g/mol. The average Bonchev–Trinajstić information content (AvgIpc) is 3.47. The molecule has 1 aliphatic heterocycles. The number of ether oxygens (including phenoxy) is 1. The van der Waals surface area contributed by atoms with Crippen molar-refractivity contribution in [2.45, 2.75) is 4.90 Å². The van der Waals surface area contributed by atoms with Gasteiger partial charge in [0.2, 0.25) is 5.88 Å². The molecule has 3 aromatic heterocycles. The number of aromatic amines is 1. The number of pyridine rings is 1.